The molecule has 3 rings (SSSR count). The maximum absolute atomic E-state index is 13.3. The molecule has 6 nitrogen and oxygen atoms in total. The van der Waals surface area contributed by atoms with Crippen LogP contribution in [0.25, 0.3) is 0 Å². The highest BCUT2D eigenvalue weighted by Crippen LogP contribution is 2.48. The van der Waals surface area contributed by atoms with E-state index < -0.39 is 7.75 Å². The molecule has 162 valence electrons. The molecule has 0 aromatic heterocycles. The summed E-state index contributed by atoms with van der Waals surface area (Å²) in [5.41, 5.74) is 1.63. The topological polar surface area (TPSA) is 67.9 Å². The van der Waals surface area contributed by atoms with Crippen molar-refractivity contribution in [3.63, 3.8) is 0 Å². The molecule has 0 bridgehead atoms. The quantitative estimate of drug-likeness (QED) is 0.485. The Kier molecular flexibility index (Phi) is 7.77. The van der Waals surface area contributed by atoms with Crippen LogP contribution in [0.15, 0.2) is 58.3 Å². The van der Waals surface area contributed by atoms with Crippen molar-refractivity contribution in [2.45, 2.75) is 37.5 Å². The van der Waals surface area contributed by atoms with E-state index in [0.717, 1.165) is 21.2 Å². The number of nitrogens with one attached hydrogen (secondary N) is 1. The summed E-state index contributed by atoms with van der Waals surface area (Å²) < 4.78 is 24.3. The molecule has 1 N–H and O–H groups in total. The maximum Gasteiger partial charge on any atom is 0.406 e. The van der Waals surface area contributed by atoms with Crippen LogP contribution in [0.2, 0.25) is 0 Å². The van der Waals surface area contributed by atoms with Gasteiger partial charge in [0.25, 0.3) is 0 Å². The third-order valence-electron chi connectivity index (χ3n) is 4.26. The Labute approximate surface area is 182 Å². The van der Waals surface area contributed by atoms with Crippen LogP contribution in [0.5, 0.6) is 0 Å². The molecule has 1 aliphatic heterocycles. The Balaban J connectivity index is 1.80. The van der Waals surface area contributed by atoms with Crippen LogP contribution in [0.3, 0.4) is 0 Å². The van der Waals surface area contributed by atoms with Gasteiger partial charge < -0.3 is 0 Å². The van der Waals surface area contributed by atoms with Gasteiger partial charge in [-0.3, -0.25) is 18.7 Å². The van der Waals surface area contributed by atoms with Crippen molar-refractivity contribution in [1.82, 2.24) is 5.09 Å². The minimum atomic E-state index is -3.60. The molecule has 8 heteroatoms. The molecule has 1 heterocycles. The average Bonchev–Trinajstić information content (AvgIpc) is 2.73. The van der Waals surface area contributed by atoms with Crippen molar-refractivity contribution >= 4 is 36.8 Å². The Morgan fingerprint density at radius 2 is 1.40 bits per heavy atom. The first kappa shape index (κ1) is 23.0. The molecule has 0 unspecified atom stereocenters. The minimum Gasteiger partial charge on any atom is -0.296 e. The van der Waals surface area contributed by atoms with E-state index in [1.807, 2.05) is 76.2 Å². The summed E-state index contributed by atoms with van der Waals surface area (Å²) in [7, 11) is -3.60. The predicted octanol–water partition coefficient (Wildman–Crippen LogP) is 5.86. The number of carbonyl (C=O) groups is 1. The predicted molar refractivity (Wildman–Crippen MR) is 121 cm³/mol. The van der Waals surface area contributed by atoms with Crippen molar-refractivity contribution in [2.24, 2.45) is 11.8 Å². The summed E-state index contributed by atoms with van der Waals surface area (Å²) in [6.07, 6.45) is 0. The van der Waals surface area contributed by atoms with Crippen molar-refractivity contribution in [3.05, 3.63) is 48.5 Å². The maximum atomic E-state index is 13.3. The van der Waals surface area contributed by atoms with Gasteiger partial charge in [0.2, 0.25) is 5.91 Å². The molecule has 30 heavy (non-hydrogen) atoms. The Hall–Kier alpha value is -1.63. The first-order valence-electron chi connectivity index (χ1n) is 10.1. The Morgan fingerprint density at radius 1 is 0.933 bits per heavy atom. The molecule has 0 spiro atoms. The first-order valence-corrected chi connectivity index (χ1v) is 12.5. The van der Waals surface area contributed by atoms with E-state index >= 15 is 0 Å². The first-order chi connectivity index (χ1) is 14.3. The van der Waals surface area contributed by atoms with Crippen LogP contribution in [-0.2, 0) is 18.4 Å². The van der Waals surface area contributed by atoms with Crippen LogP contribution < -0.4 is 9.99 Å². The van der Waals surface area contributed by atoms with E-state index in [1.165, 1.54) is 0 Å². The van der Waals surface area contributed by atoms with Gasteiger partial charge in [0.05, 0.1) is 31.1 Å². The van der Waals surface area contributed by atoms with Gasteiger partial charge in [-0.05, 0) is 36.1 Å². The third-order valence-corrected chi connectivity index (χ3v) is 6.91. The highest BCUT2D eigenvalue weighted by atomic mass is 32.2. The van der Waals surface area contributed by atoms with E-state index in [-0.39, 0.29) is 37.5 Å². The van der Waals surface area contributed by atoms with Crippen LogP contribution in [0.4, 0.5) is 11.4 Å². The molecule has 0 saturated carbocycles. The molecule has 0 saturated heterocycles. The number of benzene rings is 2. The monoisotopic (exact) mass is 448 g/mol. The zero-order valence-corrected chi connectivity index (χ0v) is 19.5. The zero-order chi connectivity index (χ0) is 21.7. The van der Waals surface area contributed by atoms with E-state index in [9.17, 15) is 9.36 Å². The van der Waals surface area contributed by atoms with Gasteiger partial charge in [0, 0.05) is 9.79 Å². The summed E-state index contributed by atoms with van der Waals surface area (Å²) in [4.78, 5) is 16.9. The molecular weight excluding hydrogens is 419 g/mol. The van der Waals surface area contributed by atoms with Gasteiger partial charge in [-0.15, -0.1) is 0 Å². The molecule has 0 aliphatic carbocycles. The third kappa shape index (κ3) is 5.74. The smallest absolute Gasteiger partial charge is 0.296 e. The highest BCUT2D eigenvalue weighted by Gasteiger charge is 2.31. The lowest BCUT2D eigenvalue weighted by molar-refractivity contribution is -0.117. The SMILES string of the molecule is CC(C)COP(=O)(NCC(=O)N1c2ccccc2Sc2ccccc21)OCC(C)C. The van der Waals surface area contributed by atoms with Crippen LogP contribution in [-0.4, -0.2) is 25.7 Å². The number of hydrogen-bond acceptors (Lipinski definition) is 5. The zero-order valence-electron chi connectivity index (χ0n) is 17.8. The molecule has 1 aliphatic rings. The summed E-state index contributed by atoms with van der Waals surface area (Å²) in [6.45, 7) is 8.27. The Bertz CT molecular complexity index is 873. The van der Waals surface area contributed by atoms with Crippen LogP contribution in [0, 0.1) is 11.8 Å². The van der Waals surface area contributed by atoms with Gasteiger partial charge in [-0.25, -0.2) is 9.65 Å². The number of para-hydroxylation sites is 2. The number of amides is 1. The fraction of sp³-hybridized carbons (Fsp3) is 0.409. The second kappa shape index (κ2) is 10.1. The van der Waals surface area contributed by atoms with Gasteiger partial charge in [-0.2, -0.15) is 0 Å². The molecule has 0 radical (unpaired) electrons. The van der Waals surface area contributed by atoms with Gasteiger partial charge in [0.15, 0.2) is 0 Å². The lowest BCUT2D eigenvalue weighted by atomic mass is 10.2. The van der Waals surface area contributed by atoms with Crippen LogP contribution >= 0.6 is 19.5 Å². The van der Waals surface area contributed by atoms with E-state index in [0.29, 0.717) is 0 Å². The molecular formula is C22H29N2O4PS. The fourth-order valence-electron chi connectivity index (χ4n) is 2.84. The van der Waals surface area contributed by atoms with E-state index in [2.05, 4.69) is 5.09 Å². The lowest BCUT2D eigenvalue weighted by Crippen LogP contribution is -2.36. The van der Waals surface area contributed by atoms with Gasteiger partial charge in [-0.1, -0.05) is 63.7 Å². The van der Waals surface area contributed by atoms with E-state index in [4.69, 9.17) is 9.05 Å². The molecule has 1 amide bonds. The van der Waals surface area contributed by atoms with Crippen molar-refractivity contribution in [1.29, 1.82) is 0 Å². The van der Waals surface area contributed by atoms with Crippen molar-refractivity contribution in [3.8, 4) is 0 Å². The van der Waals surface area contributed by atoms with Gasteiger partial charge in [0.1, 0.15) is 0 Å². The number of nitrogens with zero attached hydrogens (tertiary/aromatic N) is 1. The normalized spacial score (nSPS) is 13.5. The number of carbonyl (C=O) groups excluding carboxylic acids is 1. The molecule has 2 aromatic carbocycles. The summed E-state index contributed by atoms with van der Waals surface area (Å²) in [6, 6.07) is 15.5. The standard InChI is InChI=1S/C22H29N2O4PS/c1-16(2)14-27-29(26,28-15-17(3)4)23-13-22(25)24-18-9-5-7-11-20(18)30-21-12-8-6-10-19(21)24/h5-12,16-17H,13-15H2,1-4H3,(H,23,26). The largest absolute Gasteiger partial charge is 0.406 e. The summed E-state index contributed by atoms with van der Waals surface area (Å²) in [5.74, 6) is 0.157. The van der Waals surface area contributed by atoms with E-state index in [1.54, 1.807) is 16.7 Å². The summed E-state index contributed by atoms with van der Waals surface area (Å²) >= 11 is 1.63. The lowest BCUT2D eigenvalue weighted by Gasteiger charge is -2.31. The van der Waals surface area contributed by atoms with Gasteiger partial charge >= 0.3 is 7.75 Å². The number of rotatable bonds is 9. The molecule has 2 aromatic rings. The fourth-order valence-corrected chi connectivity index (χ4v) is 5.47. The van der Waals surface area contributed by atoms with Crippen LogP contribution in [0.1, 0.15) is 27.7 Å². The highest BCUT2D eigenvalue weighted by molar-refractivity contribution is 7.99. The second-order valence-corrected chi connectivity index (χ2v) is 10.9. The summed E-state index contributed by atoms with van der Waals surface area (Å²) in [5, 5.41) is 2.78. The number of anilines is 2. The average molecular weight is 449 g/mol. The molecule has 0 atom stereocenters. The minimum absolute atomic E-state index is 0.166. The Morgan fingerprint density at radius 3 is 1.87 bits per heavy atom. The number of fused-ring (bicyclic) bond motifs is 2. The van der Waals surface area contributed by atoms with Crippen molar-refractivity contribution in [2.75, 3.05) is 24.7 Å². The second-order valence-electron chi connectivity index (χ2n) is 7.98. The van der Waals surface area contributed by atoms with Crippen molar-refractivity contribution < 1.29 is 18.4 Å². The molecule has 0 fully saturated rings. The number of hydrogen-bond donors (Lipinski definition) is 1.